The lowest BCUT2D eigenvalue weighted by molar-refractivity contribution is -0.143. The van der Waals surface area contributed by atoms with Crippen LogP contribution < -0.4 is 0 Å². The molecule has 0 heterocycles. The molecular formula is C13H26O4. The summed E-state index contributed by atoms with van der Waals surface area (Å²) in [6.07, 6.45) is 2.55. The monoisotopic (exact) mass is 246 g/mol. The van der Waals surface area contributed by atoms with Gasteiger partial charge < -0.3 is 9.47 Å². The van der Waals surface area contributed by atoms with Crippen molar-refractivity contribution in [3.05, 3.63) is 0 Å². The second kappa shape index (κ2) is 13.0. The van der Waals surface area contributed by atoms with Crippen LogP contribution in [0.1, 0.15) is 53.9 Å². The molecule has 0 fully saturated rings. The molecule has 4 heteroatoms. The lowest BCUT2D eigenvalue weighted by Gasteiger charge is -2.02. The molecule has 102 valence electrons. The van der Waals surface area contributed by atoms with E-state index in [2.05, 4.69) is 11.7 Å². The zero-order chi connectivity index (χ0) is 13.7. The van der Waals surface area contributed by atoms with Crippen LogP contribution in [0.5, 0.6) is 0 Å². The summed E-state index contributed by atoms with van der Waals surface area (Å²) in [4.78, 5) is 20.6. The molecule has 0 N–H and O–H groups in total. The van der Waals surface area contributed by atoms with Crippen LogP contribution in [-0.2, 0) is 19.1 Å². The van der Waals surface area contributed by atoms with Gasteiger partial charge in [-0.15, -0.1) is 0 Å². The summed E-state index contributed by atoms with van der Waals surface area (Å²) >= 11 is 0. The van der Waals surface area contributed by atoms with Crippen LogP contribution in [0.2, 0.25) is 0 Å². The van der Waals surface area contributed by atoms with Crippen molar-refractivity contribution >= 4 is 11.9 Å². The molecule has 0 aliphatic rings. The Balaban J connectivity index is 0. The number of carbonyl (C=O) groups excluding carboxylic acids is 2. The van der Waals surface area contributed by atoms with E-state index < -0.39 is 0 Å². The summed E-state index contributed by atoms with van der Waals surface area (Å²) in [5.41, 5.74) is 0. The molecule has 0 unspecified atom stereocenters. The number of esters is 2. The third-order valence-electron chi connectivity index (χ3n) is 1.67. The van der Waals surface area contributed by atoms with Gasteiger partial charge in [-0.1, -0.05) is 34.1 Å². The predicted octanol–water partition coefficient (Wildman–Crippen LogP) is 2.95. The quantitative estimate of drug-likeness (QED) is 0.534. The second-order valence-electron chi connectivity index (χ2n) is 4.12. The first-order valence-corrected chi connectivity index (χ1v) is 6.22. The van der Waals surface area contributed by atoms with Crippen LogP contribution in [0.15, 0.2) is 0 Å². The highest BCUT2D eigenvalue weighted by Gasteiger charge is 1.95. The van der Waals surface area contributed by atoms with Crippen molar-refractivity contribution in [1.82, 2.24) is 0 Å². The molecule has 0 aliphatic carbocycles. The third kappa shape index (κ3) is 20.9. The van der Waals surface area contributed by atoms with Crippen LogP contribution in [-0.4, -0.2) is 25.2 Å². The van der Waals surface area contributed by atoms with Gasteiger partial charge in [0.15, 0.2) is 0 Å². The lowest BCUT2D eigenvalue weighted by Crippen LogP contribution is -2.05. The van der Waals surface area contributed by atoms with E-state index in [1.165, 1.54) is 6.92 Å². The molecular weight excluding hydrogens is 220 g/mol. The Morgan fingerprint density at radius 2 is 1.71 bits per heavy atom. The molecule has 0 radical (unpaired) electrons. The maximum atomic E-state index is 10.5. The van der Waals surface area contributed by atoms with E-state index in [0.29, 0.717) is 25.6 Å². The van der Waals surface area contributed by atoms with Gasteiger partial charge in [0.2, 0.25) is 0 Å². The van der Waals surface area contributed by atoms with Crippen molar-refractivity contribution < 1.29 is 19.1 Å². The number of carbonyl (C=O) groups is 2. The van der Waals surface area contributed by atoms with Crippen molar-refractivity contribution in [2.75, 3.05) is 13.2 Å². The predicted molar refractivity (Wildman–Crippen MR) is 67.6 cm³/mol. The highest BCUT2D eigenvalue weighted by atomic mass is 16.5. The SMILES string of the molecule is CC(=O)OCC(C)C.CCCCOC(=O)CC. The smallest absolute Gasteiger partial charge is 0.305 e. The molecule has 0 aromatic carbocycles. The van der Waals surface area contributed by atoms with Crippen LogP contribution in [0.25, 0.3) is 0 Å². The fourth-order valence-corrected chi connectivity index (χ4v) is 0.716. The Morgan fingerprint density at radius 3 is 2.00 bits per heavy atom. The molecule has 0 saturated heterocycles. The van der Waals surface area contributed by atoms with E-state index in [1.807, 2.05) is 13.8 Å². The Bertz CT molecular complexity index is 200. The summed E-state index contributed by atoms with van der Waals surface area (Å²) in [6, 6.07) is 0. The minimum Gasteiger partial charge on any atom is -0.466 e. The minimum absolute atomic E-state index is 0.0940. The highest BCUT2D eigenvalue weighted by molar-refractivity contribution is 5.68. The third-order valence-corrected chi connectivity index (χ3v) is 1.67. The lowest BCUT2D eigenvalue weighted by atomic mass is 10.2. The number of rotatable bonds is 6. The van der Waals surface area contributed by atoms with E-state index >= 15 is 0 Å². The van der Waals surface area contributed by atoms with Gasteiger partial charge in [-0.25, -0.2) is 0 Å². The van der Waals surface area contributed by atoms with Crippen LogP contribution in [0.4, 0.5) is 0 Å². The van der Waals surface area contributed by atoms with Gasteiger partial charge in [-0.05, 0) is 12.3 Å². The van der Waals surface area contributed by atoms with E-state index in [-0.39, 0.29) is 11.9 Å². The Hall–Kier alpha value is -1.06. The standard InChI is InChI=1S/C7H14O2.C6H12O2/c1-3-5-6-9-7(8)4-2;1-5(2)4-8-6(3)7/h3-6H2,1-2H3;5H,4H2,1-3H3. The normalized spacial score (nSPS) is 9.29. The largest absolute Gasteiger partial charge is 0.466 e. The summed E-state index contributed by atoms with van der Waals surface area (Å²) in [5, 5.41) is 0. The van der Waals surface area contributed by atoms with E-state index in [1.54, 1.807) is 6.92 Å². The molecule has 0 spiro atoms. The number of hydrogen-bond acceptors (Lipinski definition) is 4. The van der Waals surface area contributed by atoms with Crippen LogP contribution in [0.3, 0.4) is 0 Å². The van der Waals surface area contributed by atoms with Gasteiger partial charge in [-0.3, -0.25) is 9.59 Å². The van der Waals surface area contributed by atoms with Gasteiger partial charge in [-0.2, -0.15) is 0 Å². The summed E-state index contributed by atoms with van der Waals surface area (Å²) in [6.45, 7) is 10.4. The van der Waals surface area contributed by atoms with Gasteiger partial charge in [0.1, 0.15) is 0 Å². The second-order valence-corrected chi connectivity index (χ2v) is 4.12. The zero-order valence-electron chi connectivity index (χ0n) is 11.7. The Kier molecular flexibility index (Phi) is 14.0. The average Bonchev–Trinajstić information content (AvgIpc) is 2.27. The fourth-order valence-electron chi connectivity index (χ4n) is 0.716. The summed E-state index contributed by atoms with van der Waals surface area (Å²) < 4.78 is 9.46. The summed E-state index contributed by atoms with van der Waals surface area (Å²) in [7, 11) is 0. The van der Waals surface area contributed by atoms with Gasteiger partial charge in [0.05, 0.1) is 13.2 Å². The van der Waals surface area contributed by atoms with Gasteiger partial charge >= 0.3 is 11.9 Å². The molecule has 0 aromatic heterocycles. The fraction of sp³-hybridized carbons (Fsp3) is 0.846. The van der Waals surface area contributed by atoms with Crippen molar-refractivity contribution in [2.24, 2.45) is 5.92 Å². The Labute approximate surface area is 105 Å². The first-order valence-electron chi connectivity index (χ1n) is 6.22. The first-order chi connectivity index (χ1) is 7.93. The van der Waals surface area contributed by atoms with Crippen molar-refractivity contribution in [1.29, 1.82) is 0 Å². The molecule has 17 heavy (non-hydrogen) atoms. The van der Waals surface area contributed by atoms with Crippen LogP contribution in [0, 0.1) is 5.92 Å². The van der Waals surface area contributed by atoms with Gasteiger partial charge in [0, 0.05) is 13.3 Å². The molecule has 0 atom stereocenters. The molecule has 0 saturated carbocycles. The van der Waals surface area contributed by atoms with E-state index in [9.17, 15) is 9.59 Å². The molecule has 0 rings (SSSR count). The zero-order valence-corrected chi connectivity index (χ0v) is 11.7. The molecule has 0 aromatic rings. The van der Waals surface area contributed by atoms with Crippen molar-refractivity contribution in [3.8, 4) is 0 Å². The van der Waals surface area contributed by atoms with Crippen LogP contribution >= 0.6 is 0 Å². The topological polar surface area (TPSA) is 52.6 Å². The highest BCUT2D eigenvalue weighted by Crippen LogP contribution is 1.91. The number of hydrogen-bond donors (Lipinski definition) is 0. The molecule has 4 nitrogen and oxygen atoms in total. The van der Waals surface area contributed by atoms with E-state index in [0.717, 1.165) is 12.8 Å². The van der Waals surface area contributed by atoms with Crippen molar-refractivity contribution in [3.63, 3.8) is 0 Å². The molecule has 0 aliphatic heterocycles. The first kappa shape index (κ1) is 18.3. The number of unbranched alkanes of at least 4 members (excludes halogenated alkanes) is 1. The van der Waals surface area contributed by atoms with Crippen molar-refractivity contribution in [2.45, 2.75) is 53.9 Å². The molecule has 0 bridgehead atoms. The maximum absolute atomic E-state index is 10.5. The Morgan fingerprint density at radius 1 is 1.12 bits per heavy atom. The van der Waals surface area contributed by atoms with Gasteiger partial charge in [0.25, 0.3) is 0 Å². The minimum atomic E-state index is -0.196. The molecule has 0 amide bonds. The number of ether oxygens (including phenoxy) is 2. The van der Waals surface area contributed by atoms with E-state index in [4.69, 9.17) is 4.74 Å². The maximum Gasteiger partial charge on any atom is 0.305 e. The average molecular weight is 246 g/mol. The summed E-state index contributed by atoms with van der Waals surface area (Å²) in [5.74, 6) is 0.154.